The summed E-state index contributed by atoms with van der Waals surface area (Å²) < 4.78 is 17.0. The fourth-order valence-corrected chi connectivity index (χ4v) is 3.34. The van der Waals surface area contributed by atoms with Gasteiger partial charge in [-0.2, -0.15) is 5.26 Å². The lowest BCUT2D eigenvalue weighted by molar-refractivity contribution is 0.0643. The van der Waals surface area contributed by atoms with Crippen molar-refractivity contribution in [1.82, 2.24) is 4.90 Å². The molecule has 2 rings (SSSR count). The van der Waals surface area contributed by atoms with Crippen molar-refractivity contribution in [3.05, 3.63) is 53.6 Å². The van der Waals surface area contributed by atoms with E-state index < -0.39 is 0 Å². The van der Waals surface area contributed by atoms with Gasteiger partial charge in [0.15, 0.2) is 11.5 Å². The molecule has 0 aromatic heterocycles. The van der Waals surface area contributed by atoms with Crippen LogP contribution in [-0.4, -0.2) is 43.2 Å². The summed E-state index contributed by atoms with van der Waals surface area (Å²) in [6, 6.07) is 14.7. The molecule has 166 valence electrons. The zero-order valence-electron chi connectivity index (χ0n) is 19.1. The summed E-state index contributed by atoms with van der Waals surface area (Å²) in [5.41, 5.74) is 1.20. The van der Waals surface area contributed by atoms with E-state index in [1.54, 1.807) is 49.6 Å². The lowest BCUT2D eigenvalue weighted by atomic mass is 10.1. The highest BCUT2D eigenvalue weighted by Gasteiger charge is 2.22. The van der Waals surface area contributed by atoms with Gasteiger partial charge in [-0.15, -0.1) is 0 Å². The third-order valence-electron chi connectivity index (χ3n) is 4.81. The molecule has 2 aromatic rings. The second-order valence-corrected chi connectivity index (χ2v) is 7.81. The van der Waals surface area contributed by atoms with Gasteiger partial charge in [0.05, 0.1) is 32.0 Å². The second-order valence-electron chi connectivity index (χ2n) is 7.81. The Hall–Kier alpha value is -3.20. The molecule has 6 heteroatoms. The Kier molecular flexibility index (Phi) is 9.20. The quantitative estimate of drug-likeness (QED) is 0.471. The molecule has 0 bridgehead atoms. The zero-order chi connectivity index (χ0) is 22.8. The molecule has 0 spiro atoms. The summed E-state index contributed by atoms with van der Waals surface area (Å²) in [5, 5.41) is 8.81. The molecule has 0 aliphatic carbocycles. The van der Waals surface area contributed by atoms with Gasteiger partial charge >= 0.3 is 0 Å². The first-order valence-corrected chi connectivity index (χ1v) is 10.6. The van der Waals surface area contributed by atoms with Crippen LogP contribution in [0.5, 0.6) is 17.2 Å². The summed E-state index contributed by atoms with van der Waals surface area (Å²) in [6.07, 6.45) is 1.64. The number of methoxy groups -OCH3 is 1. The highest BCUT2D eigenvalue weighted by Crippen LogP contribution is 2.29. The Morgan fingerprint density at radius 2 is 1.55 bits per heavy atom. The Morgan fingerprint density at radius 3 is 2.10 bits per heavy atom. The number of nitrogens with zero attached hydrogens (tertiary/aromatic N) is 2. The largest absolute Gasteiger partial charge is 0.494 e. The maximum Gasteiger partial charge on any atom is 0.254 e. The van der Waals surface area contributed by atoms with Crippen molar-refractivity contribution in [2.45, 2.75) is 52.6 Å². The SMILES string of the molecule is COc1cc(C(=O)N(C(C)C)C(C)C)ccc1OCCCCOc1ccc(C#N)cc1. The van der Waals surface area contributed by atoms with Crippen LogP contribution in [0.1, 0.15) is 56.5 Å². The first kappa shape index (κ1) is 24.1. The summed E-state index contributed by atoms with van der Waals surface area (Å²) in [7, 11) is 1.57. The van der Waals surface area contributed by atoms with E-state index in [1.165, 1.54) is 0 Å². The monoisotopic (exact) mass is 424 g/mol. The van der Waals surface area contributed by atoms with Crippen LogP contribution in [0.15, 0.2) is 42.5 Å². The maximum absolute atomic E-state index is 12.9. The normalized spacial score (nSPS) is 10.6. The average Bonchev–Trinajstić information content (AvgIpc) is 2.76. The summed E-state index contributed by atoms with van der Waals surface area (Å²) in [4.78, 5) is 14.7. The Bertz CT molecular complexity index is 877. The fraction of sp³-hybridized carbons (Fsp3) is 0.440. The minimum atomic E-state index is -0.0187. The van der Waals surface area contributed by atoms with E-state index in [-0.39, 0.29) is 18.0 Å². The third kappa shape index (κ3) is 6.92. The van der Waals surface area contributed by atoms with Crippen LogP contribution in [0, 0.1) is 11.3 Å². The van der Waals surface area contributed by atoms with Crippen LogP contribution >= 0.6 is 0 Å². The third-order valence-corrected chi connectivity index (χ3v) is 4.81. The minimum Gasteiger partial charge on any atom is -0.494 e. The molecule has 0 saturated heterocycles. The van der Waals surface area contributed by atoms with Gasteiger partial charge in [-0.25, -0.2) is 0 Å². The summed E-state index contributed by atoms with van der Waals surface area (Å²) >= 11 is 0. The number of hydrogen-bond acceptors (Lipinski definition) is 5. The molecule has 31 heavy (non-hydrogen) atoms. The van der Waals surface area contributed by atoms with E-state index in [0.29, 0.717) is 35.8 Å². The smallest absolute Gasteiger partial charge is 0.254 e. The van der Waals surface area contributed by atoms with Crippen molar-refractivity contribution in [3.63, 3.8) is 0 Å². The van der Waals surface area contributed by atoms with Crippen molar-refractivity contribution in [3.8, 4) is 23.3 Å². The molecule has 1 amide bonds. The van der Waals surface area contributed by atoms with E-state index in [2.05, 4.69) is 6.07 Å². The van der Waals surface area contributed by atoms with E-state index in [9.17, 15) is 4.79 Å². The molecule has 0 aliphatic heterocycles. The fourth-order valence-electron chi connectivity index (χ4n) is 3.34. The molecule has 0 heterocycles. The molecule has 0 aliphatic rings. The molecule has 2 aromatic carbocycles. The molecular formula is C25H32N2O4. The van der Waals surface area contributed by atoms with Gasteiger partial charge in [0.2, 0.25) is 0 Å². The highest BCUT2D eigenvalue weighted by molar-refractivity contribution is 5.95. The van der Waals surface area contributed by atoms with Gasteiger partial charge in [0, 0.05) is 17.6 Å². The van der Waals surface area contributed by atoms with Crippen LogP contribution in [0.3, 0.4) is 0 Å². The lowest BCUT2D eigenvalue weighted by Gasteiger charge is -2.31. The maximum atomic E-state index is 12.9. The first-order chi connectivity index (χ1) is 14.9. The highest BCUT2D eigenvalue weighted by atomic mass is 16.5. The number of hydrogen-bond donors (Lipinski definition) is 0. The second kappa shape index (κ2) is 11.8. The number of carbonyl (C=O) groups excluding carboxylic acids is 1. The van der Waals surface area contributed by atoms with Crippen molar-refractivity contribution >= 4 is 5.91 Å². The van der Waals surface area contributed by atoms with E-state index >= 15 is 0 Å². The van der Waals surface area contributed by atoms with Gasteiger partial charge in [0.25, 0.3) is 5.91 Å². The number of rotatable bonds is 11. The topological polar surface area (TPSA) is 71.8 Å². The number of amides is 1. The van der Waals surface area contributed by atoms with Crippen LogP contribution < -0.4 is 14.2 Å². The molecule has 0 saturated carbocycles. The standard InChI is InChI=1S/C25H32N2O4/c1-18(2)27(19(3)4)25(28)21-10-13-23(24(16-21)29-5)31-15-7-6-14-30-22-11-8-20(17-26)9-12-22/h8-13,16,18-19H,6-7,14-15H2,1-5H3. The van der Waals surface area contributed by atoms with Crippen LogP contribution in [0.25, 0.3) is 0 Å². The van der Waals surface area contributed by atoms with Crippen molar-refractivity contribution < 1.29 is 19.0 Å². The van der Waals surface area contributed by atoms with E-state index in [4.69, 9.17) is 19.5 Å². The number of benzene rings is 2. The predicted molar refractivity (Wildman–Crippen MR) is 121 cm³/mol. The number of ether oxygens (including phenoxy) is 3. The number of unbranched alkanes of at least 4 members (excludes halogenated alkanes) is 1. The first-order valence-electron chi connectivity index (χ1n) is 10.6. The van der Waals surface area contributed by atoms with Gasteiger partial charge < -0.3 is 19.1 Å². The Morgan fingerprint density at radius 1 is 0.935 bits per heavy atom. The average molecular weight is 425 g/mol. The van der Waals surface area contributed by atoms with Crippen molar-refractivity contribution in [2.24, 2.45) is 0 Å². The zero-order valence-corrected chi connectivity index (χ0v) is 19.1. The van der Waals surface area contributed by atoms with Gasteiger partial charge in [-0.3, -0.25) is 4.79 Å². The van der Waals surface area contributed by atoms with Gasteiger partial charge in [-0.1, -0.05) is 0 Å². The van der Waals surface area contributed by atoms with E-state index in [0.717, 1.165) is 18.6 Å². The summed E-state index contributed by atoms with van der Waals surface area (Å²) in [5.74, 6) is 1.90. The molecule has 0 N–H and O–H groups in total. The van der Waals surface area contributed by atoms with Gasteiger partial charge in [-0.05, 0) is 83.0 Å². The molecule has 0 radical (unpaired) electrons. The minimum absolute atomic E-state index is 0.0187. The molecule has 0 atom stereocenters. The summed E-state index contributed by atoms with van der Waals surface area (Å²) in [6.45, 7) is 9.13. The van der Waals surface area contributed by atoms with Crippen LogP contribution in [0.2, 0.25) is 0 Å². The molecule has 0 unspecified atom stereocenters. The predicted octanol–water partition coefficient (Wildman–Crippen LogP) is 5.06. The number of nitriles is 1. The van der Waals surface area contributed by atoms with Gasteiger partial charge in [0.1, 0.15) is 5.75 Å². The lowest BCUT2D eigenvalue weighted by Crippen LogP contribution is -2.42. The molecule has 6 nitrogen and oxygen atoms in total. The van der Waals surface area contributed by atoms with Crippen molar-refractivity contribution in [1.29, 1.82) is 5.26 Å². The van der Waals surface area contributed by atoms with E-state index in [1.807, 2.05) is 32.6 Å². The molecular weight excluding hydrogens is 392 g/mol. The van der Waals surface area contributed by atoms with Crippen LogP contribution in [-0.2, 0) is 0 Å². The van der Waals surface area contributed by atoms with Crippen molar-refractivity contribution in [2.75, 3.05) is 20.3 Å². The Balaban J connectivity index is 1.85. The van der Waals surface area contributed by atoms with Crippen LogP contribution in [0.4, 0.5) is 0 Å². The Labute approximate surface area is 185 Å². The molecule has 0 fully saturated rings. The number of carbonyl (C=O) groups is 1.